The number of methoxy groups -OCH3 is 1. The molecule has 4 atom stereocenters. The van der Waals surface area contributed by atoms with Crippen LogP contribution in [0, 0.1) is 17.7 Å². The number of rotatable bonds is 6. The fourth-order valence-electron chi connectivity index (χ4n) is 4.65. The quantitative estimate of drug-likeness (QED) is 0.632. The zero-order chi connectivity index (χ0) is 22.4. The highest BCUT2D eigenvalue weighted by molar-refractivity contribution is 8.15. The Balaban J connectivity index is 1.78. The number of pyridine rings is 1. The molecule has 2 N–H and O–H groups in total. The van der Waals surface area contributed by atoms with E-state index in [0.29, 0.717) is 17.2 Å². The lowest BCUT2D eigenvalue weighted by Crippen LogP contribution is -2.41. The smallest absolute Gasteiger partial charge is 0.155 e. The van der Waals surface area contributed by atoms with Crippen molar-refractivity contribution in [1.82, 2.24) is 4.98 Å². The Hall–Kier alpha value is -2.03. The van der Waals surface area contributed by atoms with Crippen molar-refractivity contribution < 1.29 is 17.9 Å². The molecule has 1 aromatic carbocycles. The van der Waals surface area contributed by atoms with Crippen LogP contribution in [0.15, 0.2) is 41.5 Å². The van der Waals surface area contributed by atoms with Crippen molar-refractivity contribution in [1.29, 1.82) is 0 Å². The summed E-state index contributed by atoms with van der Waals surface area (Å²) in [6.45, 7) is 1.38. The molecule has 2 aromatic rings. The highest BCUT2D eigenvalue weighted by Crippen LogP contribution is 2.69. The first kappa shape index (κ1) is 22.2. The zero-order valence-electron chi connectivity index (χ0n) is 16.9. The maximum absolute atomic E-state index is 15.0. The second kappa shape index (κ2) is 8.15. The van der Waals surface area contributed by atoms with Crippen LogP contribution in [-0.4, -0.2) is 35.3 Å². The third-order valence-electron chi connectivity index (χ3n) is 6.10. The monoisotopic (exact) mass is 467 g/mol. The number of fused-ring (bicyclic) bond motifs is 1. The molecule has 0 spiro atoms. The Labute approximate surface area is 187 Å². The van der Waals surface area contributed by atoms with Gasteiger partial charge in [-0.1, -0.05) is 36.4 Å². The molecule has 1 saturated carbocycles. The molecule has 9 heteroatoms. The predicted octanol–water partition coefficient (Wildman–Crippen LogP) is 5.22. The number of nitrogens with zero attached hydrogens (tertiary/aromatic N) is 2. The van der Waals surface area contributed by atoms with E-state index in [0.717, 1.165) is 0 Å². The number of amidine groups is 1. The van der Waals surface area contributed by atoms with Gasteiger partial charge in [0.05, 0.1) is 22.1 Å². The third kappa shape index (κ3) is 3.64. The van der Waals surface area contributed by atoms with Gasteiger partial charge < -0.3 is 10.5 Å². The number of nitrogens with two attached hydrogens (primary N) is 1. The van der Waals surface area contributed by atoms with Crippen molar-refractivity contribution >= 4 is 40.4 Å². The SMILES string of the molecule is COC[C@@]12SC(N)=N[C@](CF)(c3cc(/C=C(\F)c4ccc(Cl)cn4)ccc3F)C1[C@@H]2C. The molecule has 1 fully saturated rings. The molecule has 31 heavy (non-hydrogen) atoms. The van der Waals surface area contributed by atoms with Crippen LogP contribution in [0.2, 0.25) is 5.02 Å². The number of halogens is 4. The fraction of sp³-hybridized carbons (Fsp3) is 0.364. The normalized spacial score (nSPS) is 30.0. The maximum Gasteiger partial charge on any atom is 0.155 e. The van der Waals surface area contributed by atoms with E-state index < -0.39 is 28.6 Å². The van der Waals surface area contributed by atoms with Gasteiger partial charge in [0, 0.05) is 24.8 Å². The van der Waals surface area contributed by atoms with Crippen LogP contribution in [-0.2, 0) is 10.3 Å². The molecule has 0 saturated heterocycles. The van der Waals surface area contributed by atoms with E-state index in [2.05, 4.69) is 9.98 Å². The van der Waals surface area contributed by atoms with Gasteiger partial charge in [-0.25, -0.2) is 18.2 Å². The molecule has 0 bridgehead atoms. The van der Waals surface area contributed by atoms with E-state index >= 15 is 0 Å². The van der Waals surface area contributed by atoms with Gasteiger partial charge in [0.25, 0.3) is 0 Å². The van der Waals surface area contributed by atoms with Gasteiger partial charge in [-0.15, -0.1) is 0 Å². The Morgan fingerprint density at radius 2 is 2.13 bits per heavy atom. The van der Waals surface area contributed by atoms with Gasteiger partial charge >= 0.3 is 0 Å². The summed E-state index contributed by atoms with van der Waals surface area (Å²) < 4.78 is 49.2. The molecule has 1 aliphatic heterocycles. The zero-order valence-corrected chi connectivity index (χ0v) is 18.5. The van der Waals surface area contributed by atoms with Crippen molar-refractivity contribution in [2.45, 2.75) is 17.2 Å². The summed E-state index contributed by atoms with van der Waals surface area (Å²) in [5, 5.41) is 0.571. The van der Waals surface area contributed by atoms with E-state index in [1.165, 1.54) is 54.4 Å². The van der Waals surface area contributed by atoms with Gasteiger partial charge in [-0.2, -0.15) is 0 Å². The van der Waals surface area contributed by atoms with Crippen molar-refractivity contribution in [3.05, 3.63) is 64.2 Å². The molecule has 1 unspecified atom stereocenters. The van der Waals surface area contributed by atoms with E-state index in [4.69, 9.17) is 22.1 Å². The first-order valence-corrected chi connectivity index (χ1v) is 10.9. The number of hydrogen-bond donors (Lipinski definition) is 1. The Morgan fingerprint density at radius 3 is 2.77 bits per heavy atom. The number of aliphatic imine (C=N–C) groups is 1. The molecule has 0 radical (unpaired) electrons. The average molecular weight is 468 g/mol. The lowest BCUT2D eigenvalue weighted by Gasteiger charge is -2.35. The van der Waals surface area contributed by atoms with Crippen LogP contribution < -0.4 is 5.73 Å². The molecular weight excluding hydrogens is 447 g/mol. The minimum absolute atomic E-state index is 0.00611. The molecule has 2 heterocycles. The molecule has 164 valence electrons. The van der Waals surface area contributed by atoms with Gasteiger partial charge in [-0.3, -0.25) is 4.98 Å². The Kier molecular flexibility index (Phi) is 5.83. The molecule has 1 aliphatic carbocycles. The van der Waals surface area contributed by atoms with Crippen LogP contribution in [0.4, 0.5) is 13.2 Å². The molecule has 4 rings (SSSR count). The van der Waals surface area contributed by atoms with Gasteiger partial charge in [0.15, 0.2) is 5.17 Å². The summed E-state index contributed by atoms with van der Waals surface area (Å²) in [4.78, 5) is 8.34. The number of thioether (sulfide) groups is 1. The third-order valence-corrected chi connectivity index (χ3v) is 7.75. The van der Waals surface area contributed by atoms with E-state index in [9.17, 15) is 13.2 Å². The number of hydrogen-bond acceptors (Lipinski definition) is 5. The van der Waals surface area contributed by atoms with E-state index in [1.54, 1.807) is 7.11 Å². The van der Waals surface area contributed by atoms with Crippen molar-refractivity contribution in [2.24, 2.45) is 22.6 Å². The highest BCUT2D eigenvalue weighted by atomic mass is 35.5. The van der Waals surface area contributed by atoms with Crippen LogP contribution in [0.3, 0.4) is 0 Å². The second-order valence-electron chi connectivity index (χ2n) is 7.86. The van der Waals surface area contributed by atoms with Crippen LogP contribution in [0.5, 0.6) is 0 Å². The first-order valence-electron chi connectivity index (χ1n) is 9.66. The van der Waals surface area contributed by atoms with E-state index in [-0.39, 0.29) is 28.3 Å². The summed E-state index contributed by atoms with van der Waals surface area (Å²) in [5.41, 5.74) is 5.06. The van der Waals surface area contributed by atoms with Crippen LogP contribution in [0.1, 0.15) is 23.7 Å². The maximum atomic E-state index is 15.0. The van der Waals surface area contributed by atoms with Crippen molar-refractivity contribution in [3.63, 3.8) is 0 Å². The predicted molar refractivity (Wildman–Crippen MR) is 119 cm³/mol. The lowest BCUT2D eigenvalue weighted by molar-refractivity contribution is 0.176. The Morgan fingerprint density at radius 1 is 1.35 bits per heavy atom. The number of benzene rings is 1. The summed E-state index contributed by atoms with van der Waals surface area (Å²) in [5.74, 6) is -1.54. The highest BCUT2D eigenvalue weighted by Gasteiger charge is 2.73. The average Bonchev–Trinajstić information content (AvgIpc) is 3.32. The number of alkyl halides is 1. The summed E-state index contributed by atoms with van der Waals surface area (Å²) in [7, 11) is 1.57. The van der Waals surface area contributed by atoms with Crippen molar-refractivity contribution in [2.75, 3.05) is 20.4 Å². The standard InChI is InChI=1S/C22H21ClF3N3OS/c1-12-19-21(10-24,29-20(27)31-22(12,19)11-30-2)15-7-13(3-5-16(15)25)8-17(26)18-6-4-14(23)9-28-18/h3-9,12,19H,10-11H2,1-2H3,(H2,27,29)/b17-8-/t12-,19?,21+,22-/m0/s1. The van der Waals surface area contributed by atoms with Gasteiger partial charge in [0.1, 0.15) is 23.9 Å². The molecule has 2 aliphatic rings. The summed E-state index contributed by atoms with van der Waals surface area (Å²) in [6.07, 6.45) is 2.55. The fourth-order valence-corrected chi connectivity index (χ4v) is 6.31. The summed E-state index contributed by atoms with van der Waals surface area (Å²) >= 11 is 7.14. The summed E-state index contributed by atoms with van der Waals surface area (Å²) in [6, 6.07) is 7.01. The van der Waals surface area contributed by atoms with Crippen molar-refractivity contribution in [3.8, 4) is 0 Å². The first-order chi connectivity index (χ1) is 14.8. The number of ether oxygens (including phenoxy) is 1. The largest absolute Gasteiger partial charge is 0.383 e. The second-order valence-corrected chi connectivity index (χ2v) is 9.68. The van der Waals surface area contributed by atoms with Crippen LogP contribution in [0.25, 0.3) is 11.9 Å². The van der Waals surface area contributed by atoms with Crippen LogP contribution >= 0.6 is 23.4 Å². The molecule has 4 nitrogen and oxygen atoms in total. The number of aromatic nitrogens is 1. The lowest BCUT2D eigenvalue weighted by atomic mass is 9.83. The topological polar surface area (TPSA) is 60.5 Å². The Bertz CT molecular complexity index is 1060. The van der Waals surface area contributed by atoms with E-state index in [1.807, 2.05) is 6.92 Å². The minimum atomic E-state index is -1.49. The molecule has 0 amide bonds. The minimum Gasteiger partial charge on any atom is -0.383 e. The van der Waals surface area contributed by atoms with Gasteiger partial charge in [0.2, 0.25) is 0 Å². The molecule has 1 aromatic heterocycles. The van der Waals surface area contributed by atoms with Gasteiger partial charge in [-0.05, 0) is 41.8 Å². The molecular formula is C22H21ClF3N3OS.